The van der Waals surface area contributed by atoms with Crippen molar-refractivity contribution in [3.8, 4) is 0 Å². The van der Waals surface area contributed by atoms with Gasteiger partial charge in [-0.05, 0) is 180 Å². The highest BCUT2D eigenvalue weighted by atomic mass is 79.9. The molecule has 3 aliphatic rings. The fourth-order valence-corrected chi connectivity index (χ4v) is 17.4. The minimum atomic E-state index is -0.104. The first-order valence-electron chi connectivity index (χ1n) is 43.6. The second-order valence-corrected chi connectivity index (χ2v) is 37.0. The zero-order chi connectivity index (χ0) is 93.8. The predicted octanol–water partition coefficient (Wildman–Crippen LogP) is 10.6. The largest absolute Gasteiger partial charge is 0.619 e. The third-order valence-corrected chi connectivity index (χ3v) is 25.5. The van der Waals surface area contributed by atoms with Crippen molar-refractivity contribution in [2.24, 2.45) is 11.8 Å². The first-order chi connectivity index (χ1) is 64.4. The van der Waals surface area contributed by atoms with Crippen LogP contribution in [0.1, 0.15) is 113 Å². The Labute approximate surface area is 807 Å². The molecule has 45 heteroatoms. The molecule has 0 spiro atoms. The number of piperidine rings is 2. The highest BCUT2D eigenvalue weighted by molar-refractivity contribution is 9.11. The van der Waals surface area contributed by atoms with E-state index in [2.05, 4.69) is 167 Å². The molecule has 133 heavy (non-hydrogen) atoms. The van der Waals surface area contributed by atoms with Crippen LogP contribution in [-0.4, -0.2) is 181 Å². The first-order valence-corrected chi connectivity index (χ1v) is 47.5. The highest BCUT2D eigenvalue weighted by Crippen LogP contribution is 2.35. The van der Waals surface area contributed by atoms with Gasteiger partial charge in [-0.3, -0.25) is 0 Å². The van der Waals surface area contributed by atoms with Crippen molar-refractivity contribution in [3.63, 3.8) is 0 Å². The van der Waals surface area contributed by atoms with Crippen molar-refractivity contribution in [2.45, 2.75) is 148 Å². The Bertz CT molecular complexity index is 6240. The topological polar surface area (TPSA) is 481 Å². The van der Waals surface area contributed by atoms with Gasteiger partial charge in [0.2, 0.25) is 0 Å². The Balaban J connectivity index is 0.000000134. The molecule has 0 amide bonds. The number of nitrogens with one attached hydrogen (secondary N) is 7. The van der Waals surface area contributed by atoms with Crippen molar-refractivity contribution < 1.29 is 49.2 Å². The van der Waals surface area contributed by atoms with Crippen molar-refractivity contribution in [1.29, 1.82) is 0 Å². The Kier molecular flexibility index (Phi) is 33.7. The van der Waals surface area contributed by atoms with E-state index in [1.165, 1.54) is 62.2 Å². The summed E-state index contributed by atoms with van der Waals surface area (Å²) in [5.74, 6) is 8.10. The van der Waals surface area contributed by atoms with Gasteiger partial charge in [0.05, 0.1) is 104 Å². The Morgan fingerprint density at radius 3 is 0.895 bits per heavy atom. The van der Waals surface area contributed by atoms with Crippen LogP contribution in [0.25, 0.3) is 28.2 Å². The molecule has 12 N–H and O–H groups in total. The first kappa shape index (κ1) is 97.1. The summed E-state index contributed by atoms with van der Waals surface area (Å²) in [6.07, 6.45) is 32.7. The number of nitrogens with zero attached hydrogens (tertiary/aromatic N) is 23. The fourth-order valence-electron chi connectivity index (χ4n) is 15.6. The van der Waals surface area contributed by atoms with E-state index < -0.39 is 0 Å². The highest BCUT2D eigenvalue weighted by Gasteiger charge is 2.30. The molecule has 5 atom stereocenters. The van der Waals surface area contributed by atoms with Gasteiger partial charge in [-0.1, -0.05) is 27.7 Å². The number of aliphatic hydroxyl groups excluding tert-OH is 5. The second kappa shape index (κ2) is 46.1. The predicted molar refractivity (Wildman–Crippen MR) is 522 cm³/mol. The summed E-state index contributed by atoms with van der Waals surface area (Å²) in [6, 6.07) is 27.8. The number of anilines is 10. The van der Waals surface area contributed by atoms with Crippen LogP contribution in [0.15, 0.2) is 206 Å². The second-order valence-electron chi connectivity index (χ2n) is 32.7. The maximum Gasteiger partial charge on any atom is 0.185 e. The van der Waals surface area contributed by atoms with Crippen molar-refractivity contribution in [1.82, 2.24) is 73.0 Å². The van der Waals surface area contributed by atoms with Crippen LogP contribution in [-0.2, 0) is 32.7 Å². The third-order valence-electron chi connectivity index (χ3n) is 22.7. The van der Waals surface area contributed by atoms with E-state index in [1.54, 1.807) is 90.1 Å². The molecule has 18 heterocycles. The average molecular weight is 2140 g/mol. The number of pyridine rings is 5. The molecular formula is C88H105Br5N30O10. The van der Waals surface area contributed by atoms with Gasteiger partial charge in [0.1, 0.15) is 58.2 Å². The molecule has 40 nitrogen and oxygen atoms in total. The van der Waals surface area contributed by atoms with E-state index >= 15 is 0 Å². The van der Waals surface area contributed by atoms with Crippen LogP contribution in [0, 0.1) is 37.9 Å². The molecule has 3 fully saturated rings. The van der Waals surface area contributed by atoms with Crippen LogP contribution >= 0.6 is 79.6 Å². The molecule has 15 aromatic heterocycles. The molecule has 0 aromatic carbocycles. The summed E-state index contributed by atoms with van der Waals surface area (Å²) in [5.41, 5.74) is 7.80. The lowest BCUT2D eigenvalue weighted by Crippen LogP contribution is -2.42. The van der Waals surface area contributed by atoms with Gasteiger partial charge in [-0.25, -0.2) is 24.9 Å². The monoisotopic (exact) mass is 2140 g/mol. The standard InChI is InChI=1S/C19H23BrN6O2.C18H21BrN6O2.C17H19BrN6O2.2C17H21BrN6O2/c20-16-12-22-26-17(21-11-14-4-3-7-24(28)13-14)10-18(23-19(16)26)25-8-2-1-5-15(25)6-9-27;19-15-10-21-25-16(20-9-13-4-3-6-23(27)11-13)8-17(22-18(15)25)24-7-2-1-5-14(24)12-26;18-14-9-20-24-15(19-8-12-3-1-5-22(26)10-12)7-16(21-17(14)24)23-6-2-4-13(23)11-25;2*1-11(2)14(10-25)21-15-6-16(24-17(22-15)13(18)8-20-24)19-7-12-4-3-5-23(26)9-12/h3-4,7,10,12-13,15,21,27H,1-2,5-6,8-9,11H2;3-4,6,8,10-11,14,20,26H,1-2,5,7,9,12H2;1,3,5,7,9-10,13,19,25H,2,4,6,8,11H2;2*3-6,8-9,11,14,19,25H,7,10H2,1-2H3,(H,21,22)/t;;13-;2*14-/m..010/s1. The van der Waals surface area contributed by atoms with E-state index in [1.807, 2.05) is 88.4 Å². The van der Waals surface area contributed by atoms with Crippen LogP contribution in [0.2, 0.25) is 0 Å². The summed E-state index contributed by atoms with van der Waals surface area (Å²) in [5, 5.41) is 150. The quantitative estimate of drug-likeness (QED) is 0.0147. The maximum atomic E-state index is 11.5. The Morgan fingerprint density at radius 2 is 0.624 bits per heavy atom. The smallest absolute Gasteiger partial charge is 0.185 e. The zero-order valence-electron chi connectivity index (χ0n) is 73.4. The fraction of sp³-hybridized carbons (Fsp3) is 0.375. The van der Waals surface area contributed by atoms with Gasteiger partial charge in [-0.2, -0.15) is 71.7 Å². The molecule has 0 saturated carbocycles. The van der Waals surface area contributed by atoms with Gasteiger partial charge >= 0.3 is 0 Å². The van der Waals surface area contributed by atoms with Gasteiger partial charge in [-0.15, -0.1) is 0 Å². The Morgan fingerprint density at radius 1 is 0.361 bits per heavy atom. The molecule has 15 aromatic rings. The molecule has 0 radical (unpaired) electrons. The summed E-state index contributed by atoms with van der Waals surface area (Å²) >= 11 is 17.5. The number of halogens is 5. The average Bonchev–Trinajstić information content (AvgIpc) is 1.62. The lowest BCUT2D eigenvalue weighted by atomic mass is 9.99. The number of hydrogen-bond acceptors (Lipinski definition) is 30. The normalized spacial score (nSPS) is 15.4. The van der Waals surface area contributed by atoms with E-state index in [0.29, 0.717) is 66.9 Å². The molecular weight excluding hydrogens is 2040 g/mol. The SMILES string of the molecule is CC(C)[C@@H](CO)Nc1cc(NCc2ccc[n+]([O-])c2)n2ncc(Br)c2n1.CC(C)[C@H](CO)Nc1cc(NCc2ccc[n+]([O-])c2)n2ncc(Br)c2n1.[O-][n+]1cccc(CNc2cc(N3CCCCC3CCO)nc3c(Br)cnn23)c1.[O-][n+]1cccc(CNc2cc(N3CCCCC3CO)nc3c(Br)cnn23)c1.[O-][n+]1cccc(CNc2cc(N3CCC[C@H]3CO)nc3c(Br)cnn23)c1. The van der Waals surface area contributed by atoms with Gasteiger partial charge < -0.3 is 103 Å². The number of aliphatic hydroxyl groups is 5. The van der Waals surface area contributed by atoms with Gasteiger partial charge in [0.15, 0.2) is 90.2 Å². The molecule has 702 valence electrons. The van der Waals surface area contributed by atoms with Crippen molar-refractivity contribution in [3.05, 3.63) is 260 Å². The Hall–Kier alpha value is -12.0. The molecule has 3 saturated heterocycles. The van der Waals surface area contributed by atoms with Gasteiger partial charge in [0.25, 0.3) is 0 Å². The molecule has 3 aliphatic heterocycles. The van der Waals surface area contributed by atoms with E-state index in [-0.39, 0.29) is 75.1 Å². The van der Waals surface area contributed by atoms with Crippen LogP contribution < -0.4 is 75.6 Å². The number of hydrogen-bond donors (Lipinski definition) is 12. The molecule has 0 aliphatic carbocycles. The lowest BCUT2D eigenvalue weighted by molar-refractivity contribution is -0.606. The van der Waals surface area contributed by atoms with Crippen LogP contribution in [0.4, 0.5) is 58.2 Å². The third kappa shape index (κ3) is 24.9. The van der Waals surface area contributed by atoms with Crippen molar-refractivity contribution >= 4 is 166 Å². The number of rotatable bonds is 30. The van der Waals surface area contributed by atoms with Gasteiger partial charge in [0, 0.05) is 153 Å². The molecule has 2 unspecified atom stereocenters. The lowest BCUT2D eigenvalue weighted by Gasteiger charge is -2.36. The number of aromatic nitrogens is 20. The molecule has 18 rings (SSSR count). The summed E-state index contributed by atoms with van der Waals surface area (Å²) in [4.78, 5) is 30.0. The van der Waals surface area contributed by atoms with E-state index in [4.69, 9.17) is 15.0 Å². The van der Waals surface area contributed by atoms with Crippen molar-refractivity contribution in [2.75, 3.05) is 105 Å². The zero-order valence-corrected chi connectivity index (χ0v) is 81.3. The van der Waals surface area contributed by atoms with E-state index in [0.717, 1.165) is 197 Å². The minimum absolute atomic E-state index is 0.0151. The summed E-state index contributed by atoms with van der Waals surface area (Å²) in [7, 11) is 0. The van der Waals surface area contributed by atoms with Crippen LogP contribution in [0.5, 0.6) is 0 Å². The molecule has 0 bridgehead atoms. The minimum Gasteiger partial charge on any atom is -0.619 e. The number of fused-ring (bicyclic) bond motifs is 5. The summed E-state index contributed by atoms with van der Waals surface area (Å²) in [6.45, 7) is 13.6. The van der Waals surface area contributed by atoms with Crippen LogP contribution in [0.3, 0.4) is 0 Å². The van der Waals surface area contributed by atoms with E-state index in [9.17, 15) is 51.6 Å². The summed E-state index contributed by atoms with van der Waals surface area (Å²) < 4.78 is 16.5. The maximum absolute atomic E-state index is 11.5.